The van der Waals surface area contributed by atoms with Crippen molar-refractivity contribution in [2.75, 3.05) is 31.1 Å². The van der Waals surface area contributed by atoms with Crippen LogP contribution in [0.2, 0.25) is 10.0 Å². The van der Waals surface area contributed by atoms with Gasteiger partial charge in [0, 0.05) is 95.7 Å². The second-order valence-corrected chi connectivity index (χ2v) is 17.1. The van der Waals surface area contributed by atoms with E-state index >= 15 is 4.39 Å². The molecule has 2 bridgehead atoms. The van der Waals surface area contributed by atoms with Crippen molar-refractivity contribution in [3.63, 3.8) is 0 Å². The van der Waals surface area contributed by atoms with E-state index in [1.165, 1.54) is 0 Å². The van der Waals surface area contributed by atoms with Gasteiger partial charge in [-0.05, 0) is 68.4 Å². The standard InChI is InChI=1S/C43H40Cl2F3N7O3/c1-21-29-16-34(33-15-26(20-54(33)42(56)22-7-8-22)57-35-14-25(9-11-50-35)53-18-27(19-53)58-43(47)48)55(40-24-13-32(40)51-17-24)41(29)30-12-23(4-3-10-49)36(38(46)39(30)52-21)28-5-2-6-31(44)37(28)45/h2,5-6,9,11-12,14,16,22,24,26-27,32-33,40,43,51H,3-4,7-8,13,15,17-20H2,1H3. The first kappa shape index (κ1) is 37.6. The number of hydrogen-bond acceptors (Lipinski definition) is 8. The van der Waals surface area contributed by atoms with Crippen molar-refractivity contribution in [3.05, 3.63) is 81.5 Å². The van der Waals surface area contributed by atoms with Gasteiger partial charge in [0.15, 0.2) is 5.82 Å². The third-order valence-electron chi connectivity index (χ3n) is 12.8. The fourth-order valence-corrected chi connectivity index (χ4v) is 10.2. The Hall–Kier alpha value is -4.61. The molecular weight excluding hydrogens is 790 g/mol. The van der Waals surface area contributed by atoms with Gasteiger partial charge in [0.05, 0.1) is 46.4 Å². The minimum Gasteiger partial charge on any atom is -0.472 e. The SMILES string of the molecule is Cc1nc2c(F)c(-c3cccc(Cl)c3Cl)c(CCC#N)cc2c2c1cc(C1CC(Oc3cc(N4CC(OC(F)F)C4)ccn3)CN1C(=O)C1CC1)n2C1C2CNC1C2. The minimum absolute atomic E-state index is 0.0327. The Morgan fingerprint density at radius 2 is 1.91 bits per heavy atom. The normalized spacial score (nSPS) is 24.1. The number of alkyl halides is 2. The minimum atomic E-state index is -2.81. The zero-order valence-corrected chi connectivity index (χ0v) is 33.1. The molecule has 6 aliphatic rings. The maximum atomic E-state index is 17.3. The first-order chi connectivity index (χ1) is 28.1. The van der Waals surface area contributed by atoms with Crippen LogP contribution in [0.3, 0.4) is 0 Å². The smallest absolute Gasteiger partial charge is 0.345 e. The van der Waals surface area contributed by atoms with Gasteiger partial charge in [0.25, 0.3) is 0 Å². The second kappa shape index (κ2) is 14.6. The van der Waals surface area contributed by atoms with Crippen LogP contribution in [0.25, 0.3) is 32.9 Å². The number of carbonyl (C=O) groups excluding carboxylic acids is 1. The van der Waals surface area contributed by atoms with Gasteiger partial charge in [-0.15, -0.1) is 0 Å². The van der Waals surface area contributed by atoms with Crippen LogP contribution < -0.4 is 15.0 Å². The molecule has 7 heterocycles. The predicted molar refractivity (Wildman–Crippen MR) is 214 cm³/mol. The summed E-state index contributed by atoms with van der Waals surface area (Å²) in [5.41, 5.74) is 4.86. The number of aromatic nitrogens is 3. The molecule has 4 saturated heterocycles. The Labute approximate surface area is 342 Å². The van der Waals surface area contributed by atoms with E-state index in [-0.39, 0.29) is 58.6 Å². The number of nitriles is 1. The third kappa shape index (κ3) is 6.35. The van der Waals surface area contributed by atoms with Crippen LogP contribution in [0, 0.1) is 35.9 Å². The summed E-state index contributed by atoms with van der Waals surface area (Å²) in [6, 6.07) is 15.0. The molecular formula is C43H40Cl2F3N7O3. The summed E-state index contributed by atoms with van der Waals surface area (Å²) in [6.07, 6.45) is 4.42. The molecule has 15 heteroatoms. The molecule has 2 saturated carbocycles. The van der Waals surface area contributed by atoms with E-state index < -0.39 is 18.5 Å². The highest BCUT2D eigenvalue weighted by Gasteiger charge is 2.51. The van der Waals surface area contributed by atoms with Crippen molar-refractivity contribution in [1.82, 2.24) is 24.8 Å². The highest BCUT2D eigenvalue weighted by molar-refractivity contribution is 6.43. The van der Waals surface area contributed by atoms with Gasteiger partial charge in [-0.2, -0.15) is 14.0 Å². The highest BCUT2D eigenvalue weighted by atomic mass is 35.5. The van der Waals surface area contributed by atoms with Crippen molar-refractivity contribution >= 4 is 56.6 Å². The Morgan fingerprint density at radius 3 is 2.64 bits per heavy atom. The van der Waals surface area contributed by atoms with Crippen LogP contribution in [0.15, 0.2) is 48.7 Å². The Kier molecular flexibility index (Phi) is 9.47. The number of nitrogens with zero attached hydrogens (tertiary/aromatic N) is 6. The van der Waals surface area contributed by atoms with Crippen LogP contribution in [-0.2, 0) is 16.0 Å². The Bertz CT molecular complexity index is 2510. The summed E-state index contributed by atoms with van der Waals surface area (Å²) in [5.74, 6) is 0.296. The molecule has 5 atom stereocenters. The lowest BCUT2D eigenvalue weighted by Gasteiger charge is -2.40. The van der Waals surface area contributed by atoms with Crippen LogP contribution >= 0.6 is 23.2 Å². The molecule has 5 aromatic rings. The highest BCUT2D eigenvalue weighted by Crippen LogP contribution is 2.51. The summed E-state index contributed by atoms with van der Waals surface area (Å²) in [4.78, 5) is 27.4. The van der Waals surface area contributed by atoms with Crippen LogP contribution in [0.5, 0.6) is 5.88 Å². The van der Waals surface area contributed by atoms with Gasteiger partial charge >= 0.3 is 6.61 Å². The van der Waals surface area contributed by atoms with E-state index in [0.29, 0.717) is 71.5 Å². The number of likely N-dealkylation sites (tertiary alicyclic amines) is 1. The van der Waals surface area contributed by atoms with Crippen LogP contribution in [0.1, 0.15) is 61.1 Å². The van der Waals surface area contributed by atoms with Gasteiger partial charge < -0.3 is 29.2 Å². The summed E-state index contributed by atoms with van der Waals surface area (Å²) in [5, 5.41) is 15.4. The first-order valence-corrected chi connectivity index (χ1v) is 20.7. The van der Waals surface area contributed by atoms with Crippen molar-refractivity contribution < 1.29 is 27.4 Å². The number of pyridine rings is 2. The van der Waals surface area contributed by atoms with Crippen molar-refractivity contribution in [2.24, 2.45) is 11.8 Å². The molecule has 11 rings (SSSR count). The molecule has 1 N–H and O–H groups in total. The molecule has 5 unspecified atom stereocenters. The first-order valence-electron chi connectivity index (χ1n) is 19.9. The number of fused-ring (bicyclic) bond motifs is 4. The summed E-state index contributed by atoms with van der Waals surface area (Å²) in [7, 11) is 0. The van der Waals surface area contributed by atoms with Gasteiger partial charge in [0.1, 0.15) is 11.6 Å². The van der Waals surface area contributed by atoms with Crippen molar-refractivity contribution in [3.8, 4) is 23.1 Å². The van der Waals surface area contributed by atoms with Crippen LogP contribution in [0.4, 0.5) is 18.9 Å². The maximum Gasteiger partial charge on any atom is 0.345 e. The maximum absolute atomic E-state index is 17.3. The second-order valence-electron chi connectivity index (χ2n) is 16.3. The molecule has 300 valence electrons. The number of amides is 1. The van der Waals surface area contributed by atoms with E-state index in [0.717, 1.165) is 48.1 Å². The van der Waals surface area contributed by atoms with E-state index in [1.807, 2.05) is 28.9 Å². The summed E-state index contributed by atoms with van der Waals surface area (Å²) >= 11 is 13.1. The number of halogens is 5. The number of benzene rings is 2. The van der Waals surface area contributed by atoms with E-state index in [2.05, 4.69) is 31.7 Å². The monoisotopic (exact) mass is 829 g/mol. The Morgan fingerprint density at radius 1 is 1.09 bits per heavy atom. The number of ether oxygens (including phenoxy) is 2. The molecule has 2 aromatic carbocycles. The summed E-state index contributed by atoms with van der Waals surface area (Å²) in [6.45, 7) is 0.997. The molecule has 58 heavy (non-hydrogen) atoms. The fraction of sp³-hybridized carbons (Fsp3) is 0.442. The average molecular weight is 831 g/mol. The predicted octanol–water partition coefficient (Wildman–Crippen LogP) is 8.55. The number of anilines is 1. The fourth-order valence-electron chi connectivity index (χ4n) is 9.78. The molecule has 0 spiro atoms. The largest absolute Gasteiger partial charge is 0.472 e. The average Bonchev–Trinajstić information content (AvgIpc) is 3.46. The number of aryl methyl sites for hydroxylation is 2. The number of carbonyl (C=O) groups is 1. The molecule has 10 nitrogen and oxygen atoms in total. The third-order valence-corrected chi connectivity index (χ3v) is 13.6. The quantitative estimate of drug-likeness (QED) is 0.141. The molecule has 6 fully saturated rings. The number of nitrogens with one attached hydrogen (secondary N) is 1. The van der Waals surface area contributed by atoms with E-state index in [4.69, 9.17) is 32.9 Å². The van der Waals surface area contributed by atoms with Crippen molar-refractivity contribution in [1.29, 1.82) is 5.26 Å². The van der Waals surface area contributed by atoms with E-state index in [1.54, 1.807) is 30.5 Å². The van der Waals surface area contributed by atoms with Gasteiger partial charge in [-0.3, -0.25) is 4.79 Å². The molecule has 2 aliphatic carbocycles. The van der Waals surface area contributed by atoms with Gasteiger partial charge in [-0.25, -0.2) is 14.4 Å². The molecule has 1 amide bonds. The zero-order valence-electron chi connectivity index (χ0n) is 31.6. The van der Waals surface area contributed by atoms with Crippen LogP contribution in [-0.4, -0.2) is 76.4 Å². The lowest BCUT2D eigenvalue weighted by molar-refractivity contribution is -0.167. The summed E-state index contributed by atoms with van der Waals surface area (Å²) < 4.78 is 56.3. The Balaban J connectivity index is 1.08. The molecule has 3 aromatic heterocycles. The lowest BCUT2D eigenvalue weighted by atomic mass is 9.79. The topological polar surface area (TPSA) is 109 Å². The molecule has 0 radical (unpaired) electrons. The zero-order chi connectivity index (χ0) is 40.0. The van der Waals surface area contributed by atoms with E-state index in [9.17, 15) is 18.8 Å². The van der Waals surface area contributed by atoms with Gasteiger partial charge in [-0.1, -0.05) is 35.3 Å². The number of hydrogen-bond donors (Lipinski definition) is 1. The number of rotatable bonds is 11. The van der Waals surface area contributed by atoms with Gasteiger partial charge in [0.2, 0.25) is 11.8 Å². The van der Waals surface area contributed by atoms with Crippen molar-refractivity contribution in [2.45, 2.75) is 82.4 Å². The molecule has 4 aliphatic heterocycles. The lowest BCUT2D eigenvalue weighted by Crippen LogP contribution is -2.53.